The first-order valence-electron chi connectivity index (χ1n) is 9.01. The number of pyridine rings is 1. The zero-order valence-electron chi connectivity index (χ0n) is 16.3. The number of hydrogen-bond donors (Lipinski definition) is 0. The molecular formula is C20H26N4O2S. The van der Waals surface area contributed by atoms with Gasteiger partial charge in [0.25, 0.3) is 0 Å². The van der Waals surface area contributed by atoms with Crippen LogP contribution in [0.2, 0.25) is 0 Å². The first kappa shape index (κ1) is 19.5. The standard InChI is InChI=1S/C20H26N4O2S/c1-15(2)12-24-17(11-22-20(24)27(4,25)26)14-23(3)13-16-9-10-21-19-8-6-5-7-18(16)19/h5-11,15H,12-14H2,1-4H3. The van der Waals surface area contributed by atoms with Gasteiger partial charge in [0.05, 0.1) is 17.4 Å². The molecule has 0 aliphatic rings. The summed E-state index contributed by atoms with van der Waals surface area (Å²) in [7, 11) is -1.33. The van der Waals surface area contributed by atoms with Gasteiger partial charge in [-0.3, -0.25) is 9.88 Å². The highest BCUT2D eigenvalue weighted by Crippen LogP contribution is 2.20. The van der Waals surface area contributed by atoms with Crippen molar-refractivity contribution >= 4 is 20.7 Å². The van der Waals surface area contributed by atoms with Gasteiger partial charge in [-0.25, -0.2) is 13.4 Å². The van der Waals surface area contributed by atoms with Crippen molar-refractivity contribution in [3.63, 3.8) is 0 Å². The van der Waals surface area contributed by atoms with E-state index in [1.165, 1.54) is 11.8 Å². The first-order chi connectivity index (χ1) is 12.8. The monoisotopic (exact) mass is 386 g/mol. The number of aromatic nitrogens is 3. The molecule has 0 fully saturated rings. The van der Waals surface area contributed by atoms with E-state index in [4.69, 9.17) is 0 Å². The van der Waals surface area contributed by atoms with Crippen LogP contribution in [0.25, 0.3) is 10.9 Å². The Labute approximate surface area is 160 Å². The molecule has 0 atom stereocenters. The highest BCUT2D eigenvalue weighted by Gasteiger charge is 2.20. The van der Waals surface area contributed by atoms with Crippen molar-refractivity contribution in [1.29, 1.82) is 0 Å². The third kappa shape index (κ3) is 4.54. The lowest BCUT2D eigenvalue weighted by Crippen LogP contribution is -2.22. The second-order valence-electron chi connectivity index (χ2n) is 7.47. The molecule has 0 spiro atoms. The first-order valence-corrected chi connectivity index (χ1v) is 10.9. The smallest absolute Gasteiger partial charge is 0.227 e. The summed E-state index contributed by atoms with van der Waals surface area (Å²) < 4.78 is 26.0. The van der Waals surface area contributed by atoms with E-state index in [1.807, 2.05) is 42.1 Å². The van der Waals surface area contributed by atoms with E-state index >= 15 is 0 Å². The summed E-state index contributed by atoms with van der Waals surface area (Å²) in [4.78, 5) is 10.8. The average Bonchev–Trinajstić information content (AvgIpc) is 2.97. The van der Waals surface area contributed by atoms with Gasteiger partial charge in [-0.2, -0.15) is 0 Å². The van der Waals surface area contributed by atoms with E-state index in [0.717, 1.165) is 23.1 Å². The van der Waals surface area contributed by atoms with E-state index in [-0.39, 0.29) is 5.16 Å². The Bertz CT molecular complexity index is 1040. The van der Waals surface area contributed by atoms with Crippen LogP contribution in [-0.4, -0.2) is 41.2 Å². The largest absolute Gasteiger partial charge is 0.317 e. The van der Waals surface area contributed by atoms with Crippen LogP contribution >= 0.6 is 0 Å². The van der Waals surface area contributed by atoms with Crippen molar-refractivity contribution < 1.29 is 8.42 Å². The Morgan fingerprint density at radius 2 is 1.85 bits per heavy atom. The maximum Gasteiger partial charge on any atom is 0.227 e. The lowest BCUT2D eigenvalue weighted by molar-refractivity contribution is 0.305. The minimum atomic E-state index is -3.36. The fraction of sp³-hybridized carbons (Fsp3) is 0.400. The molecule has 0 saturated heterocycles. The number of benzene rings is 1. The molecule has 0 aliphatic heterocycles. The van der Waals surface area contributed by atoms with Crippen molar-refractivity contribution in [3.05, 3.63) is 54.0 Å². The van der Waals surface area contributed by atoms with Crippen LogP contribution in [-0.2, 0) is 29.5 Å². The van der Waals surface area contributed by atoms with Crippen LogP contribution in [0.3, 0.4) is 0 Å². The molecule has 1 aromatic carbocycles. The zero-order chi connectivity index (χ0) is 19.6. The molecule has 7 heteroatoms. The summed E-state index contributed by atoms with van der Waals surface area (Å²) >= 11 is 0. The zero-order valence-corrected chi connectivity index (χ0v) is 17.1. The molecule has 3 aromatic rings. The molecule has 0 radical (unpaired) electrons. The topological polar surface area (TPSA) is 68.1 Å². The normalized spacial score (nSPS) is 12.4. The van der Waals surface area contributed by atoms with Gasteiger partial charge in [-0.15, -0.1) is 0 Å². The molecular weight excluding hydrogens is 360 g/mol. The Balaban J connectivity index is 1.85. The average molecular weight is 387 g/mol. The third-order valence-corrected chi connectivity index (χ3v) is 5.38. The fourth-order valence-corrected chi connectivity index (χ4v) is 4.13. The fourth-order valence-electron chi connectivity index (χ4n) is 3.29. The lowest BCUT2D eigenvalue weighted by Gasteiger charge is -2.20. The van der Waals surface area contributed by atoms with Gasteiger partial charge >= 0.3 is 0 Å². The highest BCUT2D eigenvalue weighted by atomic mass is 32.2. The Morgan fingerprint density at radius 3 is 2.56 bits per heavy atom. The molecule has 0 bridgehead atoms. The number of rotatable bonds is 7. The maximum absolute atomic E-state index is 12.1. The Kier molecular flexibility index (Phi) is 5.62. The van der Waals surface area contributed by atoms with Crippen molar-refractivity contribution in [3.8, 4) is 0 Å². The van der Waals surface area contributed by atoms with E-state index in [1.54, 1.807) is 6.20 Å². The number of fused-ring (bicyclic) bond motifs is 1. The molecule has 144 valence electrons. The minimum Gasteiger partial charge on any atom is -0.317 e. The molecule has 6 nitrogen and oxygen atoms in total. The molecule has 27 heavy (non-hydrogen) atoms. The quantitative estimate of drug-likeness (QED) is 0.624. The van der Waals surface area contributed by atoms with Gasteiger partial charge in [0.2, 0.25) is 15.0 Å². The van der Waals surface area contributed by atoms with Crippen molar-refractivity contribution in [2.45, 2.75) is 38.6 Å². The summed E-state index contributed by atoms with van der Waals surface area (Å²) in [5.74, 6) is 0.327. The van der Waals surface area contributed by atoms with E-state index < -0.39 is 9.84 Å². The van der Waals surface area contributed by atoms with Crippen LogP contribution in [0.4, 0.5) is 0 Å². The summed E-state index contributed by atoms with van der Waals surface area (Å²) in [6, 6.07) is 10.1. The summed E-state index contributed by atoms with van der Waals surface area (Å²) in [6.45, 7) is 6.13. The number of nitrogens with zero attached hydrogens (tertiary/aromatic N) is 4. The van der Waals surface area contributed by atoms with Crippen molar-refractivity contribution in [2.24, 2.45) is 5.92 Å². The van der Waals surface area contributed by atoms with Gasteiger partial charge in [0.15, 0.2) is 0 Å². The number of sulfone groups is 1. The highest BCUT2D eigenvalue weighted by molar-refractivity contribution is 7.90. The molecule has 0 unspecified atom stereocenters. The lowest BCUT2D eigenvalue weighted by atomic mass is 10.1. The van der Waals surface area contributed by atoms with Gasteiger partial charge in [0.1, 0.15) is 0 Å². The van der Waals surface area contributed by atoms with Crippen LogP contribution in [0.1, 0.15) is 25.1 Å². The van der Waals surface area contributed by atoms with Crippen molar-refractivity contribution in [2.75, 3.05) is 13.3 Å². The van der Waals surface area contributed by atoms with Crippen molar-refractivity contribution in [1.82, 2.24) is 19.4 Å². The van der Waals surface area contributed by atoms with Crippen LogP contribution in [0, 0.1) is 5.92 Å². The van der Waals surface area contributed by atoms with Gasteiger partial charge in [-0.05, 0) is 30.7 Å². The molecule has 0 N–H and O–H groups in total. The molecule has 0 aliphatic carbocycles. The summed E-state index contributed by atoms with van der Waals surface area (Å²) in [5, 5.41) is 1.29. The molecule has 3 rings (SSSR count). The SMILES string of the molecule is CC(C)Cn1c(CN(C)Cc2ccnc3ccccc23)cnc1S(C)(=O)=O. The van der Waals surface area contributed by atoms with Crippen LogP contribution in [0.5, 0.6) is 0 Å². The Morgan fingerprint density at radius 1 is 1.11 bits per heavy atom. The number of imidazole rings is 1. The summed E-state index contributed by atoms with van der Waals surface area (Å²) in [5.41, 5.74) is 3.08. The van der Waals surface area contributed by atoms with Gasteiger partial charge in [-0.1, -0.05) is 32.0 Å². The second-order valence-corrected chi connectivity index (χ2v) is 9.38. The van der Waals surface area contributed by atoms with Gasteiger partial charge in [0, 0.05) is 37.5 Å². The second kappa shape index (κ2) is 7.78. The molecule has 2 heterocycles. The van der Waals surface area contributed by atoms with Crippen LogP contribution < -0.4 is 0 Å². The molecule has 0 saturated carbocycles. The van der Waals surface area contributed by atoms with E-state index in [2.05, 4.69) is 34.8 Å². The predicted octanol–water partition coefficient (Wildman–Crippen LogP) is 3.12. The van der Waals surface area contributed by atoms with Gasteiger partial charge < -0.3 is 4.57 Å². The van der Waals surface area contributed by atoms with Crippen LogP contribution in [0.15, 0.2) is 47.9 Å². The number of para-hydroxylation sites is 1. The number of hydrogen-bond acceptors (Lipinski definition) is 5. The third-order valence-electron chi connectivity index (χ3n) is 4.39. The Hall–Kier alpha value is -2.25. The molecule has 0 amide bonds. The van der Waals surface area contributed by atoms with E-state index in [9.17, 15) is 8.42 Å². The minimum absolute atomic E-state index is 0.147. The molecule has 2 aromatic heterocycles. The maximum atomic E-state index is 12.1. The summed E-state index contributed by atoms with van der Waals surface area (Å²) in [6.07, 6.45) is 4.72. The van der Waals surface area contributed by atoms with E-state index in [0.29, 0.717) is 19.0 Å². The predicted molar refractivity (Wildman–Crippen MR) is 107 cm³/mol.